The molecule has 2 fully saturated rings. The third-order valence-electron chi connectivity index (χ3n) is 3.75. The van der Waals surface area contributed by atoms with Crippen molar-refractivity contribution in [3.63, 3.8) is 0 Å². The van der Waals surface area contributed by atoms with Gasteiger partial charge in [-0.2, -0.15) is 4.31 Å². The summed E-state index contributed by atoms with van der Waals surface area (Å²) in [5.74, 6) is 0.635. The van der Waals surface area contributed by atoms with Gasteiger partial charge in [0, 0.05) is 18.9 Å². The van der Waals surface area contributed by atoms with Gasteiger partial charge in [-0.15, -0.1) is 0 Å². The molecule has 1 aromatic rings. The first-order valence-electron chi connectivity index (χ1n) is 7.12. The van der Waals surface area contributed by atoms with Crippen molar-refractivity contribution in [2.45, 2.75) is 37.0 Å². The number of piperidine rings is 1. The summed E-state index contributed by atoms with van der Waals surface area (Å²) < 4.78 is 37.0. The molecule has 0 radical (unpaired) electrons. The number of rotatable bonds is 5. The molecular formula is C13H19N3O4S. The molecule has 1 saturated carbocycles. The highest BCUT2D eigenvalue weighted by Gasteiger charge is 2.42. The molecule has 1 aliphatic heterocycles. The summed E-state index contributed by atoms with van der Waals surface area (Å²) in [5.41, 5.74) is 0. The van der Waals surface area contributed by atoms with Crippen molar-refractivity contribution < 1.29 is 17.9 Å². The average molecular weight is 313 g/mol. The Kier molecular flexibility index (Phi) is 3.99. The maximum absolute atomic E-state index is 12.3. The van der Waals surface area contributed by atoms with E-state index in [-0.39, 0.29) is 11.4 Å². The predicted molar refractivity (Wildman–Crippen MR) is 75.7 cm³/mol. The van der Waals surface area contributed by atoms with Crippen LogP contribution in [0.5, 0.6) is 11.8 Å². The molecule has 0 amide bonds. The number of nitrogens with zero attached hydrogens (tertiary/aromatic N) is 3. The Morgan fingerprint density at radius 3 is 2.57 bits per heavy atom. The van der Waals surface area contributed by atoms with Crippen LogP contribution < -0.4 is 9.47 Å². The van der Waals surface area contributed by atoms with Gasteiger partial charge in [-0.25, -0.2) is 18.4 Å². The maximum Gasteiger partial charge on any atom is 0.278 e. The predicted octanol–water partition coefficient (Wildman–Crippen LogP) is 0.821. The van der Waals surface area contributed by atoms with Crippen molar-refractivity contribution in [2.24, 2.45) is 0 Å². The van der Waals surface area contributed by atoms with Crippen LogP contribution >= 0.6 is 0 Å². The van der Waals surface area contributed by atoms with Crippen LogP contribution in [0.3, 0.4) is 0 Å². The first-order chi connectivity index (χ1) is 10.1. The molecule has 1 saturated heterocycles. The van der Waals surface area contributed by atoms with Gasteiger partial charge >= 0.3 is 0 Å². The molecule has 1 aliphatic carbocycles. The quantitative estimate of drug-likeness (QED) is 0.800. The van der Waals surface area contributed by atoms with Gasteiger partial charge in [-0.3, -0.25) is 0 Å². The fraction of sp³-hybridized carbons (Fsp3) is 0.692. The lowest BCUT2D eigenvalue weighted by Gasteiger charge is -2.31. The highest BCUT2D eigenvalue weighted by Crippen LogP contribution is 2.33. The maximum atomic E-state index is 12.3. The number of hydrogen-bond donors (Lipinski definition) is 0. The molecule has 1 unspecified atom stereocenters. The Balaban J connectivity index is 1.69. The highest BCUT2D eigenvalue weighted by atomic mass is 32.2. The van der Waals surface area contributed by atoms with Gasteiger partial charge < -0.3 is 9.47 Å². The Hall–Kier alpha value is -1.41. The zero-order chi connectivity index (χ0) is 14.9. The fourth-order valence-electron chi connectivity index (χ4n) is 2.50. The SMILES string of the molecule is COc1nccnc1OC1CCCN(S(=O)(=O)C2CC2)C1. The second-order valence-electron chi connectivity index (χ2n) is 5.36. The zero-order valence-electron chi connectivity index (χ0n) is 11.9. The van der Waals surface area contributed by atoms with Crippen molar-refractivity contribution in [3.8, 4) is 11.8 Å². The van der Waals surface area contributed by atoms with E-state index >= 15 is 0 Å². The van der Waals surface area contributed by atoms with Crippen molar-refractivity contribution >= 4 is 10.0 Å². The monoisotopic (exact) mass is 313 g/mol. The van der Waals surface area contributed by atoms with E-state index in [0.717, 1.165) is 25.7 Å². The molecule has 1 atom stereocenters. The van der Waals surface area contributed by atoms with E-state index in [1.165, 1.54) is 19.5 Å². The van der Waals surface area contributed by atoms with Gasteiger partial charge in [0.2, 0.25) is 10.0 Å². The molecule has 2 heterocycles. The molecule has 8 heteroatoms. The molecule has 0 N–H and O–H groups in total. The molecule has 7 nitrogen and oxygen atoms in total. The second-order valence-corrected chi connectivity index (χ2v) is 7.57. The van der Waals surface area contributed by atoms with Gasteiger partial charge in [0.05, 0.1) is 18.9 Å². The van der Waals surface area contributed by atoms with E-state index in [1.54, 1.807) is 4.31 Å². The number of sulfonamides is 1. The van der Waals surface area contributed by atoms with E-state index in [0.29, 0.717) is 24.8 Å². The van der Waals surface area contributed by atoms with Gasteiger partial charge in [0.15, 0.2) is 0 Å². The summed E-state index contributed by atoms with van der Waals surface area (Å²) in [6, 6.07) is 0. The van der Waals surface area contributed by atoms with Crippen LogP contribution in [0.4, 0.5) is 0 Å². The summed E-state index contributed by atoms with van der Waals surface area (Å²) in [6.45, 7) is 0.953. The Morgan fingerprint density at radius 1 is 1.19 bits per heavy atom. The van der Waals surface area contributed by atoms with Crippen molar-refractivity contribution in [3.05, 3.63) is 12.4 Å². The summed E-state index contributed by atoms with van der Waals surface area (Å²) in [6.07, 6.45) is 5.99. The summed E-state index contributed by atoms with van der Waals surface area (Å²) >= 11 is 0. The van der Waals surface area contributed by atoms with Gasteiger partial charge in [-0.05, 0) is 25.7 Å². The van der Waals surface area contributed by atoms with Crippen LogP contribution in [0, 0.1) is 0 Å². The van der Waals surface area contributed by atoms with E-state index in [1.807, 2.05) is 0 Å². The van der Waals surface area contributed by atoms with Gasteiger partial charge in [0.25, 0.3) is 11.8 Å². The molecule has 2 aliphatic rings. The largest absolute Gasteiger partial charge is 0.477 e. The number of ether oxygens (including phenoxy) is 2. The van der Waals surface area contributed by atoms with Crippen LogP contribution in [0.15, 0.2) is 12.4 Å². The zero-order valence-corrected chi connectivity index (χ0v) is 12.8. The van der Waals surface area contributed by atoms with E-state index in [4.69, 9.17) is 9.47 Å². The van der Waals surface area contributed by atoms with E-state index in [9.17, 15) is 8.42 Å². The lowest BCUT2D eigenvalue weighted by Crippen LogP contribution is -2.45. The summed E-state index contributed by atoms with van der Waals surface area (Å²) in [5, 5.41) is -0.178. The molecular weight excluding hydrogens is 294 g/mol. The topological polar surface area (TPSA) is 81.6 Å². The van der Waals surface area contributed by atoms with Crippen molar-refractivity contribution in [2.75, 3.05) is 20.2 Å². The van der Waals surface area contributed by atoms with Crippen LogP contribution in [0.2, 0.25) is 0 Å². The van der Waals surface area contributed by atoms with Crippen LogP contribution in [-0.4, -0.2) is 54.2 Å². The summed E-state index contributed by atoms with van der Waals surface area (Å²) in [4.78, 5) is 8.13. The molecule has 21 heavy (non-hydrogen) atoms. The number of hydrogen-bond acceptors (Lipinski definition) is 6. The number of methoxy groups -OCH3 is 1. The minimum absolute atomic E-state index is 0.178. The standard InChI is InChI=1S/C13H19N3O4S/c1-19-12-13(15-7-6-14-12)20-10-3-2-8-16(9-10)21(17,18)11-4-5-11/h6-7,10-11H,2-5,8-9H2,1H3. The Bertz CT molecular complexity index is 603. The molecule has 0 spiro atoms. The number of aromatic nitrogens is 2. The van der Waals surface area contributed by atoms with Crippen LogP contribution in [-0.2, 0) is 10.0 Å². The first kappa shape index (κ1) is 14.5. The molecule has 116 valence electrons. The van der Waals surface area contributed by atoms with Gasteiger partial charge in [0.1, 0.15) is 6.10 Å². The molecule has 1 aromatic heterocycles. The Morgan fingerprint density at radius 2 is 1.90 bits per heavy atom. The Labute approximate surface area is 124 Å². The van der Waals surface area contributed by atoms with Crippen molar-refractivity contribution in [1.29, 1.82) is 0 Å². The molecule has 0 aromatic carbocycles. The minimum Gasteiger partial charge on any atom is -0.477 e. The average Bonchev–Trinajstić information content (AvgIpc) is 3.33. The second kappa shape index (κ2) is 5.76. The highest BCUT2D eigenvalue weighted by molar-refractivity contribution is 7.90. The molecule has 0 bridgehead atoms. The van der Waals surface area contributed by atoms with E-state index in [2.05, 4.69) is 9.97 Å². The van der Waals surface area contributed by atoms with Crippen molar-refractivity contribution in [1.82, 2.24) is 14.3 Å². The van der Waals surface area contributed by atoms with E-state index < -0.39 is 10.0 Å². The van der Waals surface area contributed by atoms with Crippen LogP contribution in [0.25, 0.3) is 0 Å². The third-order valence-corrected chi connectivity index (χ3v) is 6.12. The third kappa shape index (κ3) is 3.11. The normalized spacial score (nSPS) is 23.8. The fourth-order valence-corrected chi connectivity index (χ4v) is 4.41. The lowest BCUT2D eigenvalue weighted by molar-refractivity contribution is 0.119. The van der Waals surface area contributed by atoms with Gasteiger partial charge in [-0.1, -0.05) is 0 Å². The molecule has 3 rings (SSSR count). The summed E-state index contributed by atoms with van der Waals surface area (Å²) in [7, 11) is -1.64. The minimum atomic E-state index is -3.14. The smallest absolute Gasteiger partial charge is 0.278 e. The lowest BCUT2D eigenvalue weighted by atomic mass is 10.1. The first-order valence-corrected chi connectivity index (χ1v) is 8.62. The van der Waals surface area contributed by atoms with Crippen LogP contribution in [0.1, 0.15) is 25.7 Å².